The molecule has 1 heterocycles. The van der Waals surface area contributed by atoms with Crippen LogP contribution < -0.4 is 15.2 Å². The first-order valence-electron chi connectivity index (χ1n) is 9.61. The number of hydrogen-bond donors (Lipinski definition) is 1. The van der Waals surface area contributed by atoms with Crippen molar-refractivity contribution < 1.29 is 23.6 Å². The molecule has 1 aliphatic heterocycles. The Labute approximate surface area is 195 Å². The van der Waals surface area contributed by atoms with Crippen LogP contribution in [0.3, 0.4) is 0 Å². The molecule has 0 unspecified atom stereocenters. The van der Waals surface area contributed by atoms with Crippen molar-refractivity contribution in [3.8, 4) is 5.75 Å². The van der Waals surface area contributed by atoms with Gasteiger partial charge >= 0.3 is 5.69 Å². The third-order valence-corrected chi connectivity index (χ3v) is 5.35. The van der Waals surface area contributed by atoms with E-state index in [0.717, 1.165) is 5.01 Å². The van der Waals surface area contributed by atoms with E-state index in [-0.39, 0.29) is 33.7 Å². The minimum atomic E-state index is -0.626. The fraction of sp³-hybridized carbons (Fsp3) is 0.0435. The second-order valence-electron chi connectivity index (χ2n) is 7.00. The van der Waals surface area contributed by atoms with Gasteiger partial charge in [-0.05, 0) is 63.5 Å². The number of nitrogens with one attached hydrogen (secondary N) is 1. The number of ether oxygens (including phenoxy) is 1. The van der Waals surface area contributed by atoms with E-state index in [4.69, 9.17) is 4.74 Å². The third-order valence-electron chi connectivity index (χ3n) is 4.76. The SMILES string of the molecule is O=C1NN(c2ccccc2)C(=O)/C1=C\c1cc(Br)c(OCc2ccc(F)cc2)c([N+](=O)[O-])c1. The number of halogens is 2. The summed E-state index contributed by atoms with van der Waals surface area (Å²) in [6.07, 6.45) is 1.28. The third kappa shape index (κ3) is 4.75. The van der Waals surface area contributed by atoms with Crippen LogP contribution >= 0.6 is 15.9 Å². The minimum absolute atomic E-state index is 0.0208. The van der Waals surface area contributed by atoms with E-state index in [2.05, 4.69) is 21.4 Å². The van der Waals surface area contributed by atoms with Gasteiger partial charge in [-0.15, -0.1) is 0 Å². The summed E-state index contributed by atoms with van der Waals surface area (Å²) in [4.78, 5) is 36.2. The Hall–Kier alpha value is -4.05. The maximum atomic E-state index is 13.1. The second-order valence-corrected chi connectivity index (χ2v) is 7.85. The molecule has 1 fully saturated rings. The van der Waals surface area contributed by atoms with Crippen LogP contribution in [0.1, 0.15) is 11.1 Å². The first-order chi connectivity index (χ1) is 15.8. The summed E-state index contributed by atoms with van der Waals surface area (Å²) in [5, 5.41) is 12.8. The number of amides is 2. The van der Waals surface area contributed by atoms with Crippen molar-refractivity contribution >= 4 is 45.2 Å². The molecular formula is C23H15BrFN3O5. The first-order valence-corrected chi connectivity index (χ1v) is 10.4. The number of rotatable bonds is 6. The van der Waals surface area contributed by atoms with Crippen molar-refractivity contribution in [2.75, 3.05) is 5.01 Å². The van der Waals surface area contributed by atoms with Crippen molar-refractivity contribution in [2.45, 2.75) is 6.61 Å². The van der Waals surface area contributed by atoms with Gasteiger partial charge in [0.1, 0.15) is 18.0 Å². The second kappa shape index (κ2) is 9.21. The average Bonchev–Trinajstić information content (AvgIpc) is 3.08. The molecule has 0 bridgehead atoms. The molecule has 0 aromatic heterocycles. The number of carbonyl (C=O) groups excluding carboxylic acids is 2. The quantitative estimate of drug-likeness (QED) is 0.226. The van der Waals surface area contributed by atoms with Gasteiger partial charge in [-0.2, -0.15) is 0 Å². The predicted octanol–water partition coefficient (Wildman–Crippen LogP) is 4.54. The summed E-state index contributed by atoms with van der Waals surface area (Å²) in [6, 6.07) is 16.8. The van der Waals surface area contributed by atoms with E-state index in [0.29, 0.717) is 11.3 Å². The van der Waals surface area contributed by atoms with Gasteiger partial charge in [0.15, 0.2) is 0 Å². The van der Waals surface area contributed by atoms with E-state index in [1.165, 1.54) is 42.5 Å². The maximum Gasteiger partial charge on any atom is 0.312 e. The highest BCUT2D eigenvalue weighted by atomic mass is 79.9. The molecule has 0 spiro atoms. The van der Waals surface area contributed by atoms with Gasteiger partial charge < -0.3 is 4.74 Å². The molecule has 3 aromatic rings. The van der Waals surface area contributed by atoms with Crippen LogP contribution in [0.2, 0.25) is 0 Å². The minimum Gasteiger partial charge on any atom is -0.481 e. The number of para-hydroxylation sites is 1. The lowest BCUT2D eigenvalue weighted by molar-refractivity contribution is -0.386. The number of nitro groups is 1. The molecule has 166 valence electrons. The van der Waals surface area contributed by atoms with Crippen LogP contribution in [-0.4, -0.2) is 16.7 Å². The van der Waals surface area contributed by atoms with Crippen molar-refractivity contribution in [3.63, 3.8) is 0 Å². The monoisotopic (exact) mass is 511 g/mol. The standard InChI is InChI=1S/C23H15BrFN3O5/c24-19-11-15(10-18-22(29)26-27(23(18)30)17-4-2-1-3-5-17)12-20(28(31)32)21(19)33-13-14-6-8-16(25)9-7-14/h1-12H,13H2,(H,26,29)/b18-10-. The smallest absolute Gasteiger partial charge is 0.312 e. The molecule has 0 aliphatic carbocycles. The fourth-order valence-electron chi connectivity index (χ4n) is 3.18. The van der Waals surface area contributed by atoms with Crippen LogP contribution in [0, 0.1) is 15.9 Å². The predicted molar refractivity (Wildman–Crippen MR) is 122 cm³/mol. The molecule has 4 rings (SSSR count). The highest BCUT2D eigenvalue weighted by Crippen LogP contribution is 2.38. The van der Waals surface area contributed by atoms with Gasteiger partial charge in [-0.1, -0.05) is 30.3 Å². The summed E-state index contributed by atoms with van der Waals surface area (Å²) in [5.74, 6) is -1.64. The number of hydrogen-bond acceptors (Lipinski definition) is 5. The van der Waals surface area contributed by atoms with E-state index < -0.39 is 22.6 Å². The van der Waals surface area contributed by atoms with E-state index in [1.54, 1.807) is 30.3 Å². The number of anilines is 1. The normalized spacial score (nSPS) is 14.5. The highest BCUT2D eigenvalue weighted by molar-refractivity contribution is 9.10. The molecule has 33 heavy (non-hydrogen) atoms. The Morgan fingerprint density at radius 1 is 1.09 bits per heavy atom. The Morgan fingerprint density at radius 3 is 2.45 bits per heavy atom. The Kier molecular flexibility index (Phi) is 6.18. The molecule has 0 radical (unpaired) electrons. The number of carbonyl (C=O) groups is 2. The van der Waals surface area contributed by atoms with Crippen LogP contribution in [0.5, 0.6) is 5.75 Å². The molecular weight excluding hydrogens is 497 g/mol. The van der Waals surface area contributed by atoms with Crippen LogP contribution in [0.15, 0.2) is 76.8 Å². The zero-order valence-electron chi connectivity index (χ0n) is 16.8. The summed E-state index contributed by atoms with van der Waals surface area (Å²) < 4.78 is 18.9. The topological polar surface area (TPSA) is 102 Å². The molecule has 1 N–H and O–H groups in total. The summed E-state index contributed by atoms with van der Waals surface area (Å²) in [5.41, 5.74) is 3.32. The molecule has 1 aliphatic rings. The lowest BCUT2D eigenvalue weighted by Crippen LogP contribution is -2.35. The highest BCUT2D eigenvalue weighted by Gasteiger charge is 2.34. The summed E-state index contributed by atoms with van der Waals surface area (Å²) >= 11 is 3.27. The van der Waals surface area contributed by atoms with Crippen molar-refractivity contribution in [3.05, 3.63) is 104 Å². The molecule has 2 amide bonds. The number of nitrogens with zero attached hydrogens (tertiary/aromatic N) is 2. The summed E-state index contributed by atoms with van der Waals surface area (Å²) in [7, 11) is 0. The zero-order chi connectivity index (χ0) is 23.5. The largest absolute Gasteiger partial charge is 0.481 e. The average molecular weight is 512 g/mol. The Balaban J connectivity index is 1.63. The molecule has 3 aromatic carbocycles. The van der Waals surface area contributed by atoms with Gasteiger partial charge in [0.05, 0.1) is 15.1 Å². The maximum absolute atomic E-state index is 13.1. The fourth-order valence-corrected chi connectivity index (χ4v) is 3.76. The molecule has 0 atom stereocenters. The van der Waals surface area contributed by atoms with Gasteiger partial charge in [0.25, 0.3) is 11.8 Å². The van der Waals surface area contributed by atoms with Crippen LogP contribution in [-0.2, 0) is 16.2 Å². The van der Waals surface area contributed by atoms with Crippen molar-refractivity contribution in [1.82, 2.24) is 5.43 Å². The van der Waals surface area contributed by atoms with Crippen LogP contribution in [0.4, 0.5) is 15.8 Å². The van der Waals surface area contributed by atoms with Gasteiger partial charge in [-0.3, -0.25) is 25.1 Å². The van der Waals surface area contributed by atoms with Crippen molar-refractivity contribution in [1.29, 1.82) is 0 Å². The molecule has 10 heteroatoms. The van der Waals surface area contributed by atoms with Gasteiger partial charge in [0, 0.05) is 6.07 Å². The summed E-state index contributed by atoms with van der Waals surface area (Å²) in [6.45, 7) is -0.0208. The number of benzene rings is 3. The molecule has 0 saturated carbocycles. The first kappa shape index (κ1) is 22.2. The van der Waals surface area contributed by atoms with Crippen molar-refractivity contribution in [2.24, 2.45) is 0 Å². The van der Waals surface area contributed by atoms with E-state index in [1.807, 2.05) is 0 Å². The lowest BCUT2D eigenvalue weighted by atomic mass is 10.1. The van der Waals surface area contributed by atoms with Gasteiger partial charge in [-0.25, -0.2) is 9.40 Å². The lowest BCUT2D eigenvalue weighted by Gasteiger charge is -2.13. The molecule has 1 saturated heterocycles. The van der Waals surface area contributed by atoms with E-state index >= 15 is 0 Å². The number of hydrazine groups is 1. The van der Waals surface area contributed by atoms with Gasteiger partial charge in [0.2, 0.25) is 5.75 Å². The number of nitro benzene ring substituents is 1. The van der Waals surface area contributed by atoms with E-state index in [9.17, 15) is 24.1 Å². The molecule has 8 nitrogen and oxygen atoms in total. The Bertz CT molecular complexity index is 1280. The zero-order valence-corrected chi connectivity index (χ0v) is 18.4. The Morgan fingerprint density at radius 2 is 1.79 bits per heavy atom. The van der Waals surface area contributed by atoms with Crippen LogP contribution in [0.25, 0.3) is 6.08 Å².